The van der Waals surface area contributed by atoms with Crippen LogP contribution in [-0.2, 0) is 0 Å². The molecule has 0 aliphatic heterocycles. The van der Waals surface area contributed by atoms with Crippen LogP contribution in [0.25, 0.3) is 32.0 Å². The molecule has 2 aromatic carbocycles. The number of hydrogen-bond acceptors (Lipinski definition) is 4. The maximum Gasteiger partial charge on any atom is 0.380 e. The molecule has 240 valence electrons. The predicted molar refractivity (Wildman–Crippen MR) is 182 cm³/mol. The lowest BCUT2D eigenvalue weighted by Crippen LogP contribution is -2.48. The molecule has 0 bridgehead atoms. The van der Waals surface area contributed by atoms with E-state index in [9.17, 15) is 0 Å². The van der Waals surface area contributed by atoms with Crippen molar-refractivity contribution in [2.45, 2.75) is 17.8 Å². The van der Waals surface area contributed by atoms with Crippen LogP contribution in [0.3, 0.4) is 0 Å². The molecule has 0 N–H and O–H groups in total. The Morgan fingerprint density at radius 1 is 0.469 bits per heavy atom. The molecule has 0 radical (unpaired) electrons. The van der Waals surface area contributed by atoms with Gasteiger partial charge in [0.15, 0.2) is 0 Å². The number of allylic oxidation sites excluding steroid dienone is 2. The highest BCUT2D eigenvalue weighted by atomic mass is 32.1. The molecular weight excluding hydrogens is 675 g/mol. The summed E-state index contributed by atoms with van der Waals surface area (Å²) in [4.78, 5) is 8.51. The zero-order valence-corrected chi connectivity index (χ0v) is 26.7. The van der Waals surface area contributed by atoms with Crippen molar-refractivity contribution < 1.29 is 26.3 Å². The Balaban J connectivity index is 1.54. The number of benzene rings is 2. The summed E-state index contributed by atoms with van der Waals surface area (Å²) in [5.41, 5.74) is -1.86. The van der Waals surface area contributed by atoms with Gasteiger partial charge in [-0.15, -0.1) is 22.7 Å². The summed E-state index contributed by atoms with van der Waals surface area (Å²) in [5, 5.41) is 0. The smallest absolute Gasteiger partial charge is 0.265 e. The lowest BCUT2D eigenvalue weighted by molar-refractivity contribution is -0.254. The van der Waals surface area contributed by atoms with E-state index in [0.717, 1.165) is 22.7 Å². The fourth-order valence-corrected chi connectivity index (χ4v) is 7.44. The van der Waals surface area contributed by atoms with E-state index in [1.807, 2.05) is 0 Å². The van der Waals surface area contributed by atoms with E-state index in [2.05, 4.69) is 33.6 Å². The van der Waals surface area contributed by atoms with Gasteiger partial charge in [0.05, 0.1) is 9.75 Å². The number of pyridine rings is 2. The molecule has 0 saturated heterocycles. The lowest BCUT2D eigenvalue weighted by atomic mass is 9.94. The third kappa shape index (κ3) is 5.73. The van der Waals surface area contributed by atoms with E-state index >= 15 is 26.3 Å². The molecule has 0 saturated carbocycles. The number of alkyl halides is 6. The van der Waals surface area contributed by atoms with Gasteiger partial charge in [-0.05, 0) is 47.5 Å². The summed E-state index contributed by atoms with van der Waals surface area (Å²) < 4.78 is 95.9. The topological polar surface area (TPSA) is 25.8 Å². The first-order chi connectivity index (χ1) is 23.6. The molecule has 4 aromatic heterocycles. The number of rotatable bonds is 4. The largest absolute Gasteiger partial charge is 0.380 e. The monoisotopic (exact) mass is 694 g/mol. The van der Waals surface area contributed by atoms with Gasteiger partial charge in [0.2, 0.25) is 0 Å². The van der Waals surface area contributed by atoms with E-state index in [0.29, 0.717) is 32.0 Å². The SMILES string of the molecule is FC1(F)C(c2cc(-c3ccccc3)sc2C#Cc2ccncc2)=C(c2cc(-c3ccccc3)sc2C#Cc2ccncc2)C(F)(F)C1(F)F. The van der Waals surface area contributed by atoms with Crippen LogP contribution in [0.2, 0.25) is 0 Å². The third-order valence-electron chi connectivity index (χ3n) is 7.79. The summed E-state index contributed by atoms with van der Waals surface area (Å²) >= 11 is 1.91. The highest BCUT2D eigenvalue weighted by molar-refractivity contribution is 7.16. The molecule has 1 aliphatic carbocycles. The maximum atomic E-state index is 16.2. The second kappa shape index (κ2) is 12.6. The Labute approximate surface area is 285 Å². The number of aromatic nitrogens is 2. The van der Waals surface area contributed by atoms with Gasteiger partial charge in [-0.1, -0.05) is 84.3 Å². The number of thiophene rings is 2. The van der Waals surface area contributed by atoms with Crippen molar-refractivity contribution in [2.75, 3.05) is 0 Å². The van der Waals surface area contributed by atoms with Gasteiger partial charge in [0.25, 0.3) is 0 Å². The standard InChI is InChI=1S/C39H20F6N2S2/c40-37(41)35(29-23-33(27-7-3-1-4-8-27)48-31(29)13-11-25-15-19-46-20-16-25)36(38(42,43)39(37,44)45)30-24-34(28-9-5-2-6-10-28)49-32(30)14-12-26-17-21-47-22-18-26/h1-10,15-24H. The van der Waals surface area contributed by atoms with Crippen LogP contribution in [0.5, 0.6) is 0 Å². The molecule has 0 unspecified atom stereocenters. The molecule has 4 heterocycles. The predicted octanol–water partition coefficient (Wildman–Crippen LogP) is 10.6. The average molecular weight is 695 g/mol. The first kappa shape index (κ1) is 32.1. The van der Waals surface area contributed by atoms with E-state index < -0.39 is 40.0 Å². The van der Waals surface area contributed by atoms with Crippen LogP contribution in [0.15, 0.2) is 122 Å². The average Bonchev–Trinajstić information content (AvgIpc) is 3.76. The van der Waals surface area contributed by atoms with Crippen LogP contribution in [-0.4, -0.2) is 27.7 Å². The first-order valence-electron chi connectivity index (χ1n) is 14.7. The van der Waals surface area contributed by atoms with Crippen molar-refractivity contribution in [1.82, 2.24) is 9.97 Å². The van der Waals surface area contributed by atoms with Crippen molar-refractivity contribution >= 4 is 33.8 Å². The zero-order chi connectivity index (χ0) is 34.2. The number of nitrogens with zero attached hydrogens (tertiary/aromatic N) is 2. The second-order valence-corrected chi connectivity index (χ2v) is 13.0. The van der Waals surface area contributed by atoms with Gasteiger partial charge in [-0.25, -0.2) is 0 Å². The van der Waals surface area contributed by atoms with Gasteiger partial charge < -0.3 is 0 Å². The Bertz CT molecular complexity index is 2140. The van der Waals surface area contributed by atoms with Crippen molar-refractivity contribution in [2.24, 2.45) is 0 Å². The van der Waals surface area contributed by atoms with Crippen LogP contribution < -0.4 is 0 Å². The molecule has 6 aromatic rings. The first-order valence-corrected chi connectivity index (χ1v) is 16.3. The van der Waals surface area contributed by atoms with Crippen LogP contribution in [0, 0.1) is 23.7 Å². The van der Waals surface area contributed by atoms with E-state index in [1.165, 1.54) is 36.9 Å². The Hall–Kier alpha value is -5.42. The fraction of sp³-hybridized carbons (Fsp3) is 0.0769. The molecule has 0 atom stereocenters. The molecular formula is C39H20F6N2S2. The molecule has 0 spiro atoms. The van der Waals surface area contributed by atoms with E-state index in [1.54, 1.807) is 84.9 Å². The maximum absolute atomic E-state index is 16.2. The summed E-state index contributed by atoms with van der Waals surface area (Å²) in [7, 11) is 0. The Kier molecular flexibility index (Phi) is 8.23. The summed E-state index contributed by atoms with van der Waals surface area (Å²) in [6.07, 6.45) is 5.93. The van der Waals surface area contributed by atoms with Crippen molar-refractivity contribution in [3.8, 4) is 44.6 Å². The molecule has 7 rings (SSSR count). The van der Waals surface area contributed by atoms with Gasteiger partial charge in [-0.3, -0.25) is 9.97 Å². The summed E-state index contributed by atoms with van der Waals surface area (Å²) in [6, 6.07) is 26.0. The van der Waals surface area contributed by atoms with Crippen LogP contribution in [0.4, 0.5) is 26.3 Å². The highest BCUT2D eigenvalue weighted by Crippen LogP contribution is 2.66. The quantitative estimate of drug-likeness (QED) is 0.136. The van der Waals surface area contributed by atoms with Crippen molar-refractivity contribution in [1.29, 1.82) is 0 Å². The van der Waals surface area contributed by atoms with Crippen molar-refractivity contribution in [3.63, 3.8) is 0 Å². The molecule has 0 amide bonds. The third-order valence-corrected chi connectivity index (χ3v) is 9.99. The normalized spacial score (nSPS) is 15.6. The fourth-order valence-electron chi connectivity index (χ4n) is 5.39. The molecule has 1 aliphatic rings. The zero-order valence-electron chi connectivity index (χ0n) is 25.0. The van der Waals surface area contributed by atoms with Gasteiger partial charge in [0.1, 0.15) is 0 Å². The summed E-state index contributed by atoms with van der Waals surface area (Å²) in [6.45, 7) is 0. The summed E-state index contributed by atoms with van der Waals surface area (Å²) in [5.74, 6) is -5.03. The van der Waals surface area contributed by atoms with E-state index in [-0.39, 0.29) is 9.75 Å². The second-order valence-electron chi connectivity index (χ2n) is 10.9. The number of hydrogen-bond donors (Lipinski definition) is 0. The minimum Gasteiger partial charge on any atom is -0.265 e. The van der Waals surface area contributed by atoms with Crippen LogP contribution >= 0.6 is 22.7 Å². The van der Waals surface area contributed by atoms with E-state index in [4.69, 9.17) is 0 Å². The molecule has 2 nitrogen and oxygen atoms in total. The van der Waals surface area contributed by atoms with Gasteiger partial charge in [-0.2, -0.15) is 26.3 Å². The Morgan fingerprint density at radius 3 is 1.20 bits per heavy atom. The molecule has 0 fully saturated rings. The number of halogens is 6. The van der Waals surface area contributed by atoms with Gasteiger partial charge >= 0.3 is 17.8 Å². The lowest BCUT2D eigenvalue weighted by Gasteiger charge is -2.25. The molecule has 49 heavy (non-hydrogen) atoms. The highest BCUT2D eigenvalue weighted by Gasteiger charge is 2.80. The minimum atomic E-state index is -5.76. The van der Waals surface area contributed by atoms with Crippen molar-refractivity contribution in [3.05, 3.63) is 154 Å². The minimum absolute atomic E-state index is 0.0701. The van der Waals surface area contributed by atoms with Crippen LogP contribution in [0.1, 0.15) is 32.0 Å². The Morgan fingerprint density at radius 2 is 0.837 bits per heavy atom. The van der Waals surface area contributed by atoms with Gasteiger partial charge in [0, 0.05) is 67.9 Å². The molecule has 10 heteroatoms.